The molecule has 0 saturated heterocycles. The molecular formula is C23H19FN4O2. The molecule has 0 bridgehead atoms. The van der Waals surface area contributed by atoms with E-state index in [0.29, 0.717) is 34.9 Å². The smallest absolute Gasteiger partial charge is 0.270 e. The first-order chi connectivity index (χ1) is 14.7. The second-order valence-corrected chi connectivity index (χ2v) is 6.54. The topological polar surface area (TPSA) is 69.0 Å². The van der Waals surface area contributed by atoms with Gasteiger partial charge < -0.3 is 10.1 Å². The Labute approximate surface area is 173 Å². The fourth-order valence-electron chi connectivity index (χ4n) is 3.04. The van der Waals surface area contributed by atoms with E-state index in [1.807, 2.05) is 12.1 Å². The van der Waals surface area contributed by atoms with E-state index in [1.54, 1.807) is 68.0 Å². The van der Waals surface area contributed by atoms with Gasteiger partial charge in [-0.05, 0) is 60.2 Å². The maximum absolute atomic E-state index is 14.3. The molecule has 30 heavy (non-hydrogen) atoms. The third-order valence-corrected chi connectivity index (χ3v) is 4.61. The maximum Gasteiger partial charge on any atom is 0.270 e. The van der Waals surface area contributed by atoms with Crippen LogP contribution in [0.5, 0.6) is 5.75 Å². The predicted octanol–water partition coefficient (Wildman–Crippen LogP) is 4.01. The zero-order valence-corrected chi connectivity index (χ0v) is 16.2. The van der Waals surface area contributed by atoms with Crippen LogP contribution in [0.25, 0.3) is 16.9 Å². The molecule has 0 unspecified atom stereocenters. The van der Waals surface area contributed by atoms with Gasteiger partial charge in [0.1, 0.15) is 17.3 Å². The summed E-state index contributed by atoms with van der Waals surface area (Å²) in [6, 6.07) is 18.7. The van der Waals surface area contributed by atoms with Crippen molar-refractivity contribution >= 4 is 5.91 Å². The summed E-state index contributed by atoms with van der Waals surface area (Å²) in [7, 11) is 1.58. The molecular weight excluding hydrogens is 383 g/mol. The van der Waals surface area contributed by atoms with Crippen LogP contribution < -0.4 is 10.1 Å². The largest absolute Gasteiger partial charge is 0.497 e. The third-order valence-electron chi connectivity index (χ3n) is 4.61. The quantitative estimate of drug-likeness (QED) is 0.529. The Morgan fingerprint density at radius 1 is 1.07 bits per heavy atom. The van der Waals surface area contributed by atoms with E-state index in [1.165, 1.54) is 10.7 Å². The van der Waals surface area contributed by atoms with Crippen molar-refractivity contribution in [1.82, 2.24) is 20.1 Å². The van der Waals surface area contributed by atoms with Gasteiger partial charge in [0.15, 0.2) is 0 Å². The number of ether oxygens (including phenoxy) is 1. The average Bonchev–Trinajstić information content (AvgIpc) is 3.24. The van der Waals surface area contributed by atoms with E-state index >= 15 is 0 Å². The minimum atomic E-state index is -0.402. The molecule has 1 N–H and O–H groups in total. The van der Waals surface area contributed by atoms with Crippen LogP contribution in [0.3, 0.4) is 0 Å². The normalized spacial score (nSPS) is 10.6. The lowest BCUT2D eigenvalue weighted by Gasteiger charge is -2.09. The van der Waals surface area contributed by atoms with E-state index in [0.717, 1.165) is 5.56 Å². The maximum atomic E-state index is 14.3. The second-order valence-electron chi connectivity index (χ2n) is 6.54. The highest BCUT2D eigenvalue weighted by Crippen LogP contribution is 2.25. The van der Waals surface area contributed by atoms with E-state index in [4.69, 9.17) is 4.74 Å². The summed E-state index contributed by atoms with van der Waals surface area (Å²) in [6.45, 7) is 0.337. The fourth-order valence-corrected chi connectivity index (χ4v) is 3.04. The van der Waals surface area contributed by atoms with E-state index in [-0.39, 0.29) is 5.91 Å². The molecule has 2 aromatic heterocycles. The van der Waals surface area contributed by atoms with Gasteiger partial charge in [-0.1, -0.05) is 12.1 Å². The monoisotopic (exact) mass is 402 g/mol. The lowest BCUT2D eigenvalue weighted by molar-refractivity contribution is 0.0943. The number of carbonyl (C=O) groups excluding carboxylic acids is 1. The van der Waals surface area contributed by atoms with Gasteiger partial charge in [-0.2, -0.15) is 5.10 Å². The molecule has 0 saturated carbocycles. The number of pyridine rings is 1. The molecule has 0 radical (unpaired) electrons. The molecule has 2 heterocycles. The molecule has 4 aromatic rings. The SMILES string of the molecule is COc1ccc(-n2nc(-c3ccccc3F)cc2C(=O)NCc2ccncc2)cc1. The number of carbonyl (C=O) groups is 1. The number of aromatic nitrogens is 3. The van der Waals surface area contributed by atoms with Crippen LogP contribution in [-0.4, -0.2) is 27.8 Å². The van der Waals surface area contributed by atoms with Gasteiger partial charge in [-0.15, -0.1) is 0 Å². The van der Waals surface area contributed by atoms with Gasteiger partial charge in [-0.3, -0.25) is 9.78 Å². The molecule has 7 heteroatoms. The van der Waals surface area contributed by atoms with Crippen molar-refractivity contribution in [3.63, 3.8) is 0 Å². The number of rotatable bonds is 6. The van der Waals surface area contributed by atoms with E-state index in [9.17, 15) is 9.18 Å². The average molecular weight is 402 g/mol. The van der Waals surface area contributed by atoms with Crippen molar-refractivity contribution in [2.24, 2.45) is 0 Å². The molecule has 1 amide bonds. The van der Waals surface area contributed by atoms with E-state index in [2.05, 4.69) is 15.4 Å². The molecule has 0 atom stereocenters. The van der Waals surface area contributed by atoms with Gasteiger partial charge in [0.25, 0.3) is 5.91 Å². The molecule has 0 aliphatic carbocycles. The molecule has 0 fully saturated rings. The summed E-state index contributed by atoms with van der Waals surface area (Å²) in [5, 5.41) is 7.39. The Morgan fingerprint density at radius 3 is 2.50 bits per heavy atom. The molecule has 0 spiro atoms. The van der Waals surface area contributed by atoms with Gasteiger partial charge >= 0.3 is 0 Å². The Kier molecular flexibility index (Phi) is 5.52. The summed E-state index contributed by atoms with van der Waals surface area (Å²) in [6.07, 6.45) is 3.33. The van der Waals surface area contributed by atoms with Crippen molar-refractivity contribution in [2.45, 2.75) is 6.54 Å². The van der Waals surface area contributed by atoms with Crippen molar-refractivity contribution in [3.8, 4) is 22.7 Å². The number of amides is 1. The number of methoxy groups -OCH3 is 1. The first kappa shape index (κ1) is 19.3. The van der Waals surface area contributed by atoms with E-state index < -0.39 is 5.82 Å². The van der Waals surface area contributed by atoms with Crippen LogP contribution in [0.1, 0.15) is 16.1 Å². The number of nitrogens with one attached hydrogen (secondary N) is 1. The standard InChI is InChI=1S/C23H19FN4O2/c1-30-18-8-6-17(7-9-18)28-22(23(29)26-15-16-10-12-25-13-11-16)14-21(27-28)19-4-2-3-5-20(19)24/h2-14H,15H2,1H3,(H,26,29). The number of hydrogen-bond donors (Lipinski definition) is 1. The Hall–Kier alpha value is -4.00. The first-order valence-corrected chi connectivity index (χ1v) is 9.32. The van der Waals surface area contributed by atoms with Crippen LogP contribution in [0.4, 0.5) is 4.39 Å². The highest BCUT2D eigenvalue weighted by molar-refractivity contribution is 5.94. The zero-order valence-electron chi connectivity index (χ0n) is 16.2. The van der Waals surface area contributed by atoms with Crippen molar-refractivity contribution < 1.29 is 13.9 Å². The van der Waals surface area contributed by atoms with Gasteiger partial charge in [0.05, 0.1) is 18.5 Å². The predicted molar refractivity (Wildman–Crippen MR) is 111 cm³/mol. The Bertz CT molecular complexity index is 1160. The lowest BCUT2D eigenvalue weighted by atomic mass is 10.1. The Morgan fingerprint density at radius 2 is 1.80 bits per heavy atom. The number of halogens is 1. The van der Waals surface area contributed by atoms with Crippen LogP contribution in [-0.2, 0) is 6.54 Å². The fraction of sp³-hybridized carbons (Fsp3) is 0.0870. The summed E-state index contributed by atoms with van der Waals surface area (Å²) in [5.41, 5.74) is 2.58. The molecule has 0 aliphatic heterocycles. The summed E-state index contributed by atoms with van der Waals surface area (Å²) >= 11 is 0. The highest BCUT2D eigenvalue weighted by atomic mass is 19.1. The molecule has 0 aliphatic rings. The molecule has 150 valence electrons. The van der Waals surface area contributed by atoms with Gasteiger partial charge in [0, 0.05) is 24.5 Å². The molecule has 2 aromatic carbocycles. The van der Waals surface area contributed by atoms with Crippen LogP contribution in [0.15, 0.2) is 79.1 Å². The second kappa shape index (κ2) is 8.57. The van der Waals surface area contributed by atoms with Crippen LogP contribution in [0, 0.1) is 5.82 Å². The molecule has 6 nitrogen and oxygen atoms in total. The van der Waals surface area contributed by atoms with Crippen molar-refractivity contribution in [1.29, 1.82) is 0 Å². The van der Waals surface area contributed by atoms with Crippen LogP contribution >= 0.6 is 0 Å². The number of nitrogens with zero attached hydrogens (tertiary/aromatic N) is 3. The Balaban J connectivity index is 1.71. The summed E-state index contributed by atoms with van der Waals surface area (Å²) in [5.74, 6) is -0.0396. The van der Waals surface area contributed by atoms with Crippen molar-refractivity contribution in [2.75, 3.05) is 7.11 Å². The minimum absolute atomic E-state index is 0.299. The van der Waals surface area contributed by atoms with Gasteiger partial charge in [-0.25, -0.2) is 9.07 Å². The number of benzene rings is 2. The first-order valence-electron chi connectivity index (χ1n) is 9.32. The van der Waals surface area contributed by atoms with Gasteiger partial charge in [0.2, 0.25) is 0 Å². The summed E-state index contributed by atoms with van der Waals surface area (Å²) in [4.78, 5) is 16.9. The van der Waals surface area contributed by atoms with Crippen LogP contribution in [0.2, 0.25) is 0 Å². The molecule has 4 rings (SSSR count). The zero-order chi connectivity index (χ0) is 20.9. The van der Waals surface area contributed by atoms with Crippen molar-refractivity contribution in [3.05, 3.63) is 96.2 Å². The lowest BCUT2D eigenvalue weighted by Crippen LogP contribution is -2.25. The number of hydrogen-bond acceptors (Lipinski definition) is 4. The summed E-state index contributed by atoms with van der Waals surface area (Å²) < 4.78 is 21.0. The highest BCUT2D eigenvalue weighted by Gasteiger charge is 2.19. The minimum Gasteiger partial charge on any atom is -0.497 e. The third kappa shape index (κ3) is 4.05.